The molecule has 4 aromatic rings. The number of fused-ring (bicyclic) bond motifs is 1. The lowest BCUT2D eigenvalue weighted by Gasteiger charge is -2.20. The zero-order valence-corrected chi connectivity index (χ0v) is 23.2. The molecule has 2 heterocycles. The first-order valence-corrected chi connectivity index (χ1v) is 13.0. The Morgan fingerprint density at radius 3 is 2.65 bits per heavy atom. The van der Waals surface area contributed by atoms with E-state index in [1.54, 1.807) is 57.3 Å². The van der Waals surface area contributed by atoms with Crippen LogP contribution in [0.3, 0.4) is 0 Å². The van der Waals surface area contributed by atoms with Crippen molar-refractivity contribution in [3.63, 3.8) is 0 Å². The normalized spacial score (nSPS) is 12.3. The molecule has 0 aliphatic rings. The van der Waals surface area contributed by atoms with Gasteiger partial charge in [0.1, 0.15) is 17.0 Å². The van der Waals surface area contributed by atoms with Crippen molar-refractivity contribution in [1.29, 1.82) is 0 Å². The molecule has 210 valence electrons. The van der Waals surface area contributed by atoms with Crippen LogP contribution in [0.1, 0.15) is 61.7 Å². The minimum atomic E-state index is -0.932. The number of aromatic nitrogens is 1. The SMILES string of the molecule is Cc1cccc(CC(=O)O)c1C(C)OCc1cc(-c2ccnc(CNC(=O)OC(C)(C)C)c2)c2occc2c1F. The Hall–Kier alpha value is -4.24. The molecule has 8 nitrogen and oxygen atoms in total. The van der Waals surface area contributed by atoms with Gasteiger partial charge in [0.05, 0.1) is 43.0 Å². The number of rotatable bonds is 9. The number of aryl methyl sites for hydroxylation is 1. The number of halogens is 1. The third kappa shape index (κ3) is 6.84. The van der Waals surface area contributed by atoms with E-state index < -0.39 is 29.6 Å². The van der Waals surface area contributed by atoms with Crippen LogP contribution in [-0.4, -0.2) is 27.8 Å². The molecule has 1 atom stereocenters. The van der Waals surface area contributed by atoms with Gasteiger partial charge < -0.3 is 24.3 Å². The fourth-order valence-corrected chi connectivity index (χ4v) is 4.64. The molecule has 0 radical (unpaired) electrons. The van der Waals surface area contributed by atoms with Crippen LogP contribution in [0, 0.1) is 12.7 Å². The van der Waals surface area contributed by atoms with Gasteiger partial charge in [-0.3, -0.25) is 9.78 Å². The Bertz CT molecular complexity index is 1540. The number of carboxylic acids is 1. The average molecular weight is 549 g/mol. The van der Waals surface area contributed by atoms with Gasteiger partial charge in [0, 0.05) is 17.3 Å². The fourth-order valence-electron chi connectivity index (χ4n) is 4.64. The Morgan fingerprint density at radius 1 is 1.15 bits per heavy atom. The zero-order valence-electron chi connectivity index (χ0n) is 23.2. The average Bonchev–Trinajstić information content (AvgIpc) is 3.36. The predicted octanol–water partition coefficient (Wildman–Crippen LogP) is 6.87. The van der Waals surface area contributed by atoms with Crippen LogP contribution < -0.4 is 5.32 Å². The highest BCUT2D eigenvalue weighted by Crippen LogP contribution is 2.35. The highest BCUT2D eigenvalue weighted by molar-refractivity contribution is 5.93. The number of hydrogen-bond acceptors (Lipinski definition) is 6. The summed E-state index contributed by atoms with van der Waals surface area (Å²) in [5.41, 5.74) is 4.41. The highest BCUT2D eigenvalue weighted by Gasteiger charge is 2.20. The molecule has 0 bridgehead atoms. The Labute approximate surface area is 232 Å². The van der Waals surface area contributed by atoms with E-state index >= 15 is 4.39 Å². The first kappa shape index (κ1) is 28.8. The lowest BCUT2D eigenvalue weighted by molar-refractivity contribution is -0.136. The number of carbonyl (C=O) groups excluding carboxylic acids is 1. The molecule has 2 N–H and O–H groups in total. The minimum Gasteiger partial charge on any atom is -0.481 e. The van der Waals surface area contributed by atoms with Crippen molar-refractivity contribution in [2.24, 2.45) is 0 Å². The number of aliphatic carboxylic acids is 1. The van der Waals surface area contributed by atoms with E-state index in [2.05, 4.69) is 10.3 Å². The Morgan fingerprint density at radius 2 is 1.93 bits per heavy atom. The lowest BCUT2D eigenvalue weighted by Crippen LogP contribution is -2.32. The van der Waals surface area contributed by atoms with Crippen LogP contribution >= 0.6 is 0 Å². The second-order valence-electron chi connectivity index (χ2n) is 10.6. The summed E-state index contributed by atoms with van der Waals surface area (Å²) in [7, 11) is 0. The number of nitrogens with one attached hydrogen (secondary N) is 1. The van der Waals surface area contributed by atoms with Gasteiger partial charge in [0.2, 0.25) is 0 Å². The molecular formula is C31H33FN2O6. The molecule has 1 amide bonds. The molecule has 1 unspecified atom stereocenters. The molecule has 0 aliphatic carbocycles. The minimum absolute atomic E-state index is 0.0416. The van der Waals surface area contributed by atoms with Crippen LogP contribution in [0.5, 0.6) is 0 Å². The molecule has 0 fully saturated rings. The summed E-state index contributed by atoms with van der Waals surface area (Å²) in [5, 5.41) is 12.3. The van der Waals surface area contributed by atoms with Crippen LogP contribution in [-0.2, 0) is 33.8 Å². The highest BCUT2D eigenvalue weighted by atomic mass is 19.1. The first-order valence-electron chi connectivity index (χ1n) is 13.0. The van der Waals surface area contributed by atoms with E-state index in [0.29, 0.717) is 33.4 Å². The third-order valence-electron chi connectivity index (χ3n) is 6.34. The standard InChI is InChI=1S/C31H33FN2O6/c1-18-7-6-8-21(15-26(35)36)27(18)19(2)39-17-22-14-25(29-24(28(22)32)10-12-38-29)20-9-11-33-23(13-20)16-34-30(37)40-31(3,4)5/h6-14,19H,15-17H2,1-5H3,(H,34,37)(H,35,36). The van der Waals surface area contributed by atoms with Crippen molar-refractivity contribution in [2.75, 3.05) is 0 Å². The van der Waals surface area contributed by atoms with E-state index in [0.717, 1.165) is 16.7 Å². The lowest BCUT2D eigenvalue weighted by atomic mass is 9.95. The molecule has 0 saturated carbocycles. The molecule has 9 heteroatoms. The summed E-state index contributed by atoms with van der Waals surface area (Å²) in [5.74, 6) is -1.38. The van der Waals surface area contributed by atoms with Crippen LogP contribution in [0.4, 0.5) is 9.18 Å². The van der Waals surface area contributed by atoms with Gasteiger partial charge in [0.15, 0.2) is 0 Å². The number of hydrogen-bond donors (Lipinski definition) is 2. The maximum absolute atomic E-state index is 15.5. The number of nitrogens with zero attached hydrogens (tertiary/aromatic N) is 1. The first-order chi connectivity index (χ1) is 18.9. The number of ether oxygens (including phenoxy) is 2. The predicted molar refractivity (Wildman–Crippen MR) is 148 cm³/mol. The van der Waals surface area contributed by atoms with Gasteiger partial charge in [-0.05, 0) is 81.1 Å². The summed E-state index contributed by atoms with van der Waals surface area (Å²) in [4.78, 5) is 27.8. The van der Waals surface area contributed by atoms with Crippen molar-refractivity contribution < 1.29 is 33.0 Å². The van der Waals surface area contributed by atoms with E-state index in [1.807, 2.05) is 26.0 Å². The zero-order chi connectivity index (χ0) is 29.0. The van der Waals surface area contributed by atoms with Gasteiger partial charge in [-0.2, -0.15) is 0 Å². The molecule has 0 saturated heterocycles. The molecular weight excluding hydrogens is 515 g/mol. The fraction of sp³-hybridized carbons (Fsp3) is 0.323. The Kier molecular flexibility index (Phi) is 8.54. The van der Waals surface area contributed by atoms with Gasteiger partial charge in [0.25, 0.3) is 0 Å². The van der Waals surface area contributed by atoms with Crippen molar-refractivity contribution in [3.05, 3.63) is 88.7 Å². The van der Waals surface area contributed by atoms with E-state index in [-0.39, 0.29) is 19.6 Å². The second-order valence-corrected chi connectivity index (χ2v) is 10.6. The molecule has 40 heavy (non-hydrogen) atoms. The second kappa shape index (κ2) is 11.9. The van der Waals surface area contributed by atoms with E-state index in [4.69, 9.17) is 13.9 Å². The summed E-state index contributed by atoms with van der Waals surface area (Å²) in [6, 6.07) is 12.3. The maximum Gasteiger partial charge on any atom is 0.407 e. The maximum atomic E-state index is 15.5. The summed E-state index contributed by atoms with van der Waals surface area (Å²) >= 11 is 0. The van der Waals surface area contributed by atoms with E-state index in [9.17, 15) is 14.7 Å². The monoisotopic (exact) mass is 548 g/mol. The summed E-state index contributed by atoms with van der Waals surface area (Å²) in [6.07, 6.45) is 1.90. The quantitative estimate of drug-likeness (QED) is 0.235. The van der Waals surface area contributed by atoms with Gasteiger partial charge >= 0.3 is 12.1 Å². The largest absolute Gasteiger partial charge is 0.481 e. The van der Waals surface area contributed by atoms with Gasteiger partial charge in [-0.1, -0.05) is 18.2 Å². The van der Waals surface area contributed by atoms with Crippen molar-refractivity contribution >= 4 is 23.0 Å². The van der Waals surface area contributed by atoms with Crippen molar-refractivity contribution in [2.45, 2.75) is 65.9 Å². The molecule has 0 aliphatic heterocycles. The number of carbonyl (C=O) groups is 2. The van der Waals surface area contributed by atoms with Crippen LogP contribution in [0.15, 0.2) is 59.3 Å². The number of pyridine rings is 1. The molecule has 2 aromatic carbocycles. The summed E-state index contributed by atoms with van der Waals surface area (Å²) in [6.45, 7) is 9.19. The summed E-state index contributed by atoms with van der Waals surface area (Å²) < 4.78 is 32.6. The molecule has 2 aromatic heterocycles. The number of alkyl carbamates (subject to hydrolysis) is 1. The van der Waals surface area contributed by atoms with Crippen LogP contribution in [0.25, 0.3) is 22.1 Å². The van der Waals surface area contributed by atoms with Gasteiger partial charge in [-0.25, -0.2) is 9.18 Å². The van der Waals surface area contributed by atoms with Gasteiger partial charge in [-0.15, -0.1) is 0 Å². The number of furan rings is 1. The number of amides is 1. The number of carboxylic acid groups (broad SMARTS) is 1. The van der Waals surface area contributed by atoms with E-state index in [1.165, 1.54) is 6.26 Å². The third-order valence-corrected chi connectivity index (χ3v) is 6.34. The molecule has 4 rings (SSSR count). The van der Waals surface area contributed by atoms with Crippen LogP contribution in [0.2, 0.25) is 0 Å². The Balaban J connectivity index is 1.59. The van der Waals surface area contributed by atoms with Crippen molar-refractivity contribution in [1.82, 2.24) is 10.3 Å². The topological polar surface area (TPSA) is 111 Å². The molecule has 0 spiro atoms. The smallest absolute Gasteiger partial charge is 0.407 e. The van der Waals surface area contributed by atoms with Crippen molar-refractivity contribution in [3.8, 4) is 11.1 Å². The number of benzene rings is 2.